The second-order valence-corrected chi connectivity index (χ2v) is 11.1. The summed E-state index contributed by atoms with van der Waals surface area (Å²) in [6.07, 6.45) is 13.8. The highest BCUT2D eigenvalue weighted by molar-refractivity contribution is 7.77. The van der Waals surface area contributed by atoms with Crippen molar-refractivity contribution in [1.29, 1.82) is 0 Å². The van der Waals surface area contributed by atoms with E-state index in [0.29, 0.717) is 5.66 Å². The van der Waals surface area contributed by atoms with Crippen molar-refractivity contribution in [1.82, 2.24) is 0 Å². The quantitative estimate of drug-likeness (QED) is 0.341. The topological polar surface area (TPSA) is 52.6 Å². The van der Waals surface area contributed by atoms with Gasteiger partial charge < -0.3 is 17.7 Å². The molecule has 1 aliphatic rings. The van der Waals surface area contributed by atoms with Crippen molar-refractivity contribution in [3.63, 3.8) is 0 Å². The smallest absolute Gasteiger partial charge is 0.133 e. The number of hydrogen-bond acceptors (Lipinski definition) is 4. The summed E-state index contributed by atoms with van der Waals surface area (Å²) >= 11 is 0. The predicted octanol–water partition coefficient (Wildman–Crippen LogP) is 4.71. The van der Waals surface area contributed by atoms with E-state index in [2.05, 4.69) is 36.4 Å². The minimum Gasteiger partial charge on any atom is -0.464 e. The molecule has 0 amide bonds. The van der Waals surface area contributed by atoms with Gasteiger partial charge in [0, 0.05) is 27.2 Å². The van der Waals surface area contributed by atoms with Gasteiger partial charge in [-0.1, -0.05) is 12.2 Å². The summed E-state index contributed by atoms with van der Waals surface area (Å²) < 4.78 is 23.5. The lowest BCUT2D eigenvalue weighted by Crippen LogP contribution is -2.34. The van der Waals surface area contributed by atoms with Crippen molar-refractivity contribution in [2.75, 3.05) is 0 Å². The van der Waals surface area contributed by atoms with E-state index in [4.69, 9.17) is 17.7 Å². The molecule has 4 aromatic rings. The van der Waals surface area contributed by atoms with Crippen LogP contribution in [0.25, 0.3) is 0 Å². The first-order valence-electron chi connectivity index (χ1n) is 9.31. The van der Waals surface area contributed by atoms with Crippen molar-refractivity contribution < 1.29 is 17.7 Å². The maximum absolute atomic E-state index is 5.89. The lowest BCUT2D eigenvalue weighted by Gasteiger charge is -2.35. The second-order valence-electron chi connectivity index (χ2n) is 6.61. The molecule has 0 saturated heterocycles. The van der Waals surface area contributed by atoms with Crippen LogP contribution in [-0.2, 0) is 0 Å². The molecule has 0 fully saturated rings. The average molecular weight is 410 g/mol. The van der Waals surface area contributed by atoms with Crippen LogP contribution in [-0.4, -0.2) is 11.3 Å². The summed E-state index contributed by atoms with van der Waals surface area (Å²) in [5, 5.41) is 0. The van der Waals surface area contributed by atoms with E-state index >= 15 is 0 Å². The summed E-state index contributed by atoms with van der Waals surface area (Å²) in [6, 6.07) is 16.1. The van der Waals surface area contributed by atoms with Crippen LogP contribution in [0.15, 0.2) is 103 Å². The molecule has 0 bridgehead atoms. The zero-order valence-electron chi connectivity index (χ0n) is 15.2. The van der Waals surface area contributed by atoms with E-state index in [1.165, 1.54) is 0 Å². The van der Waals surface area contributed by atoms with Crippen LogP contribution in [0.5, 0.6) is 0 Å². The fraction of sp³-hybridized carbons (Fsp3) is 0.182. The molecule has 6 heteroatoms. The first-order chi connectivity index (χ1) is 13.9. The Balaban J connectivity index is 1.60. The summed E-state index contributed by atoms with van der Waals surface area (Å²) in [5.41, 5.74) is 4.63. The molecule has 4 nitrogen and oxygen atoms in total. The van der Waals surface area contributed by atoms with Gasteiger partial charge in [-0.3, -0.25) is 0 Å². The minimum atomic E-state index is -0.806. The molecule has 4 heterocycles. The van der Waals surface area contributed by atoms with Gasteiger partial charge in [0.1, 0.15) is 22.0 Å². The molecular weight excluding hydrogens is 390 g/mol. The van der Waals surface area contributed by atoms with Crippen LogP contribution in [0, 0.1) is 0 Å². The molecule has 0 N–H and O–H groups in total. The monoisotopic (exact) mass is 410 g/mol. The van der Waals surface area contributed by atoms with Crippen molar-refractivity contribution in [3.05, 3.63) is 85.7 Å². The van der Waals surface area contributed by atoms with Crippen LogP contribution in [0.4, 0.5) is 0 Å². The molecule has 0 radical (unpaired) electrons. The Labute approximate surface area is 165 Å². The Morgan fingerprint density at radius 2 is 1.11 bits per heavy atom. The van der Waals surface area contributed by atoms with Crippen molar-refractivity contribution in [3.8, 4) is 0 Å². The molecule has 2 atom stereocenters. The molecule has 0 saturated carbocycles. The number of hydrogen-bond donors (Lipinski definition) is 0. The van der Waals surface area contributed by atoms with Gasteiger partial charge >= 0.3 is 0 Å². The van der Waals surface area contributed by atoms with Crippen LogP contribution in [0.2, 0.25) is 0 Å². The van der Waals surface area contributed by atoms with E-state index in [1.54, 1.807) is 25.1 Å². The third-order valence-electron chi connectivity index (χ3n) is 4.96. The normalized spacial score (nSPS) is 19.6. The third-order valence-corrected chi connectivity index (χ3v) is 10.5. The highest BCUT2D eigenvalue weighted by Crippen LogP contribution is 2.55. The fourth-order valence-corrected chi connectivity index (χ4v) is 9.57. The largest absolute Gasteiger partial charge is 0.464 e. The molecule has 5 rings (SSSR count). The molecule has 0 aliphatic heterocycles. The molecule has 1 aliphatic carbocycles. The van der Waals surface area contributed by atoms with Gasteiger partial charge in [-0.15, -0.1) is 0 Å². The van der Waals surface area contributed by atoms with Crippen molar-refractivity contribution >= 4 is 37.8 Å². The second kappa shape index (κ2) is 7.99. The Kier molecular flexibility index (Phi) is 5.08. The van der Waals surface area contributed by atoms with E-state index in [0.717, 1.165) is 34.8 Å². The highest BCUT2D eigenvalue weighted by atomic mass is 31.1. The van der Waals surface area contributed by atoms with Gasteiger partial charge in [-0.2, -0.15) is 0 Å². The Hall–Kier alpha value is -2.28. The standard InChI is InChI=1S/C22H20O4P2/c1-2-8-18(28(21-11-5-15-25-21)22-12-6-16-26-22)17(7-1)27(19-9-3-13-23-19)20-10-4-14-24-20/h1,3-7,9-18H,2,8H2/t17-,18-/m1/s1. The van der Waals surface area contributed by atoms with E-state index in [1.807, 2.05) is 24.3 Å². The van der Waals surface area contributed by atoms with Crippen LogP contribution in [0.3, 0.4) is 0 Å². The maximum atomic E-state index is 5.89. The van der Waals surface area contributed by atoms with Gasteiger partial charge in [0.05, 0.1) is 25.1 Å². The average Bonchev–Trinajstić information content (AvgIpc) is 3.52. The summed E-state index contributed by atoms with van der Waals surface area (Å²) in [5.74, 6) is 0. The lowest BCUT2D eigenvalue weighted by molar-refractivity contribution is 0.585. The number of rotatable bonds is 6. The van der Waals surface area contributed by atoms with Gasteiger partial charge in [0.15, 0.2) is 0 Å². The molecule has 0 aromatic carbocycles. The summed E-state index contributed by atoms with van der Waals surface area (Å²) in [6.45, 7) is 0. The third kappa shape index (κ3) is 3.32. The number of furan rings is 4. The lowest BCUT2D eigenvalue weighted by atomic mass is 10.1. The van der Waals surface area contributed by atoms with Gasteiger partial charge in [-0.25, -0.2) is 0 Å². The van der Waals surface area contributed by atoms with E-state index in [9.17, 15) is 0 Å². The van der Waals surface area contributed by atoms with Gasteiger partial charge in [-0.05, 0) is 61.4 Å². The van der Waals surface area contributed by atoms with E-state index < -0.39 is 15.8 Å². The van der Waals surface area contributed by atoms with Crippen LogP contribution < -0.4 is 22.0 Å². The zero-order chi connectivity index (χ0) is 18.8. The molecule has 142 valence electrons. The van der Waals surface area contributed by atoms with Crippen LogP contribution >= 0.6 is 15.8 Å². The molecule has 0 spiro atoms. The zero-order valence-corrected chi connectivity index (χ0v) is 17.0. The SMILES string of the molecule is C1=C[C@@H](P(c2ccco2)c2ccco2)[C@H](P(c2ccco2)c2ccco2)CC1. The molecular formula is C22H20O4P2. The summed E-state index contributed by atoms with van der Waals surface area (Å²) in [7, 11) is -1.58. The molecule has 4 aromatic heterocycles. The van der Waals surface area contributed by atoms with E-state index in [-0.39, 0.29) is 5.66 Å². The Morgan fingerprint density at radius 3 is 1.54 bits per heavy atom. The van der Waals surface area contributed by atoms with Gasteiger partial charge in [0.2, 0.25) is 0 Å². The Bertz CT molecular complexity index is 917. The molecule has 28 heavy (non-hydrogen) atoms. The number of allylic oxidation sites excluding steroid dienone is 2. The fourth-order valence-electron chi connectivity index (χ4n) is 3.81. The minimum absolute atomic E-state index is 0.280. The van der Waals surface area contributed by atoms with Gasteiger partial charge in [0.25, 0.3) is 0 Å². The summed E-state index contributed by atoms with van der Waals surface area (Å²) in [4.78, 5) is 0. The highest BCUT2D eigenvalue weighted by Gasteiger charge is 2.41. The first-order valence-corrected chi connectivity index (χ1v) is 12.1. The van der Waals surface area contributed by atoms with Crippen molar-refractivity contribution in [2.24, 2.45) is 0 Å². The predicted molar refractivity (Wildman–Crippen MR) is 113 cm³/mol. The van der Waals surface area contributed by atoms with Crippen molar-refractivity contribution in [2.45, 2.75) is 24.2 Å². The first kappa shape index (κ1) is 17.8. The maximum Gasteiger partial charge on any atom is 0.133 e. The van der Waals surface area contributed by atoms with Crippen LogP contribution in [0.1, 0.15) is 12.8 Å². The Morgan fingerprint density at radius 1 is 0.643 bits per heavy atom. The molecule has 0 unspecified atom stereocenters.